The van der Waals surface area contributed by atoms with Crippen LogP contribution in [0, 0.1) is 11.3 Å². The maximum Gasteiger partial charge on any atom is 0.490 e. The number of hydrogen-bond donors (Lipinski definition) is 4. The molecule has 0 saturated heterocycles. The zero-order chi connectivity index (χ0) is 33.2. The summed E-state index contributed by atoms with van der Waals surface area (Å²) in [4.78, 5) is 49.3. The first-order valence-corrected chi connectivity index (χ1v) is 13.6. The van der Waals surface area contributed by atoms with Crippen molar-refractivity contribution in [2.24, 2.45) is 11.3 Å². The Morgan fingerprint density at radius 1 is 0.952 bits per heavy atom. The highest BCUT2D eigenvalue weighted by molar-refractivity contribution is 5.91. The van der Waals surface area contributed by atoms with Crippen molar-refractivity contribution in [2.75, 3.05) is 13.6 Å². The van der Waals surface area contributed by atoms with Gasteiger partial charge in [-0.05, 0) is 30.4 Å². The van der Waals surface area contributed by atoms with E-state index >= 15 is 0 Å². The minimum Gasteiger partial charge on any atom is -0.478 e. The third-order valence-electron chi connectivity index (χ3n) is 6.79. The lowest BCUT2D eigenvalue weighted by molar-refractivity contribution is -0.192. The number of carboxylic acid groups (broad SMARTS) is 2. The Bertz CT molecular complexity index is 1100. The van der Waals surface area contributed by atoms with Gasteiger partial charge in [-0.25, -0.2) is 9.59 Å². The number of alkyl halides is 3. The zero-order valence-electron chi connectivity index (χ0n) is 26.1. The number of likely N-dealkylation sites (N-methyl/N-ethyl adjacent to an activating group) is 2. The van der Waals surface area contributed by atoms with Gasteiger partial charge in [0.1, 0.15) is 6.04 Å². The van der Waals surface area contributed by atoms with E-state index in [1.54, 1.807) is 18.0 Å². The third-order valence-corrected chi connectivity index (χ3v) is 6.79. The lowest BCUT2D eigenvalue weighted by atomic mass is 9.76. The molecular formula is C30H46F3N3O6. The fourth-order valence-corrected chi connectivity index (χ4v) is 4.22. The number of aliphatic carboxylic acids is 2. The van der Waals surface area contributed by atoms with Gasteiger partial charge in [0, 0.05) is 18.0 Å². The van der Waals surface area contributed by atoms with Crippen molar-refractivity contribution < 1.29 is 42.6 Å². The molecule has 0 aliphatic heterocycles. The van der Waals surface area contributed by atoms with Gasteiger partial charge in [-0.15, -0.1) is 0 Å². The molecule has 0 fully saturated rings. The molecule has 4 N–H and O–H groups in total. The van der Waals surface area contributed by atoms with Crippen LogP contribution in [-0.2, 0) is 24.6 Å². The lowest BCUT2D eigenvalue weighted by Crippen LogP contribution is -2.62. The predicted octanol–water partition coefficient (Wildman–Crippen LogP) is 4.62. The van der Waals surface area contributed by atoms with Crippen LogP contribution in [0.2, 0.25) is 0 Å². The Hall–Kier alpha value is -3.41. The van der Waals surface area contributed by atoms with E-state index in [1.165, 1.54) is 6.92 Å². The number of benzene rings is 1. The standard InChI is InChI=1S/C28H45N3O4.C2HF3O2/c1-11-29-22(28(8,9)20-15-13-12-14-16-20)24(32)30-23(27(5,6)7)25(33)31(10)21(18(2)3)17-19(4)26(34)35;3-2(4,5)1(6)7/h12-18,21-23,29H,11H2,1-10H3,(H,30,32)(H,34,35);(H,6,7)/b19-17+;/t21-,22-,23-;/m1./s1. The molecule has 0 bridgehead atoms. The Kier molecular flexibility index (Phi) is 14.4. The smallest absolute Gasteiger partial charge is 0.478 e. The summed E-state index contributed by atoms with van der Waals surface area (Å²) in [5.74, 6) is -4.30. The third kappa shape index (κ3) is 11.5. The molecule has 12 heteroatoms. The summed E-state index contributed by atoms with van der Waals surface area (Å²) in [5, 5.41) is 22.8. The molecule has 238 valence electrons. The highest BCUT2D eigenvalue weighted by Crippen LogP contribution is 2.29. The summed E-state index contributed by atoms with van der Waals surface area (Å²) in [6.07, 6.45) is -3.48. The van der Waals surface area contributed by atoms with E-state index < -0.39 is 47.1 Å². The van der Waals surface area contributed by atoms with E-state index in [-0.39, 0.29) is 23.3 Å². The van der Waals surface area contributed by atoms with Crippen LogP contribution in [0.3, 0.4) is 0 Å². The van der Waals surface area contributed by atoms with E-state index in [2.05, 4.69) is 10.6 Å². The van der Waals surface area contributed by atoms with Gasteiger partial charge in [0.15, 0.2) is 0 Å². The van der Waals surface area contributed by atoms with Crippen LogP contribution in [0.15, 0.2) is 42.0 Å². The molecule has 1 rings (SSSR count). The summed E-state index contributed by atoms with van der Waals surface area (Å²) < 4.78 is 31.7. The van der Waals surface area contributed by atoms with Gasteiger partial charge < -0.3 is 25.7 Å². The molecule has 0 spiro atoms. The number of carboxylic acids is 2. The van der Waals surface area contributed by atoms with Crippen molar-refractivity contribution in [3.8, 4) is 0 Å². The van der Waals surface area contributed by atoms with Gasteiger partial charge in [0.25, 0.3) is 0 Å². The Morgan fingerprint density at radius 2 is 1.43 bits per heavy atom. The monoisotopic (exact) mass is 601 g/mol. The number of nitrogens with zero attached hydrogens (tertiary/aromatic N) is 1. The van der Waals surface area contributed by atoms with Gasteiger partial charge in [-0.1, -0.05) is 91.8 Å². The second kappa shape index (κ2) is 15.7. The van der Waals surface area contributed by atoms with Crippen molar-refractivity contribution in [3.63, 3.8) is 0 Å². The van der Waals surface area contributed by atoms with Crippen LogP contribution >= 0.6 is 0 Å². The molecule has 3 atom stereocenters. The molecule has 9 nitrogen and oxygen atoms in total. The van der Waals surface area contributed by atoms with Crippen LogP contribution in [0.1, 0.15) is 67.9 Å². The van der Waals surface area contributed by atoms with E-state index in [9.17, 15) is 32.7 Å². The van der Waals surface area contributed by atoms with Gasteiger partial charge in [0.05, 0.1) is 12.1 Å². The predicted molar refractivity (Wildman–Crippen MR) is 155 cm³/mol. The first kappa shape index (κ1) is 38.6. The van der Waals surface area contributed by atoms with Crippen LogP contribution in [0.25, 0.3) is 0 Å². The number of amides is 2. The van der Waals surface area contributed by atoms with E-state index in [0.717, 1.165) is 5.56 Å². The summed E-state index contributed by atoms with van der Waals surface area (Å²) >= 11 is 0. The molecule has 0 radical (unpaired) electrons. The number of nitrogens with one attached hydrogen (secondary N) is 2. The number of rotatable bonds is 11. The van der Waals surface area contributed by atoms with Crippen molar-refractivity contribution in [2.45, 2.75) is 92.0 Å². The van der Waals surface area contributed by atoms with Crippen molar-refractivity contribution >= 4 is 23.8 Å². The molecule has 2 amide bonds. The number of halogens is 3. The number of hydrogen-bond acceptors (Lipinski definition) is 5. The highest BCUT2D eigenvalue weighted by Gasteiger charge is 2.42. The van der Waals surface area contributed by atoms with Crippen LogP contribution in [-0.4, -0.2) is 76.8 Å². The molecule has 0 heterocycles. The minimum atomic E-state index is -5.08. The molecule has 0 aromatic heterocycles. The largest absolute Gasteiger partial charge is 0.490 e. The van der Waals surface area contributed by atoms with Gasteiger partial charge in [0.2, 0.25) is 11.8 Å². The molecule has 0 unspecified atom stereocenters. The summed E-state index contributed by atoms with van der Waals surface area (Å²) in [6, 6.07) is 8.06. The fraction of sp³-hybridized carbons (Fsp3) is 0.600. The summed E-state index contributed by atoms with van der Waals surface area (Å²) in [5.41, 5.74) is 0.102. The second-order valence-corrected chi connectivity index (χ2v) is 12.0. The van der Waals surface area contributed by atoms with Crippen LogP contribution in [0.4, 0.5) is 13.2 Å². The van der Waals surface area contributed by atoms with Crippen LogP contribution < -0.4 is 10.6 Å². The normalized spacial score (nSPS) is 14.7. The van der Waals surface area contributed by atoms with E-state index in [4.69, 9.17) is 9.90 Å². The topological polar surface area (TPSA) is 136 Å². The molecule has 0 aliphatic carbocycles. The molecule has 1 aromatic carbocycles. The second-order valence-electron chi connectivity index (χ2n) is 12.0. The van der Waals surface area contributed by atoms with Gasteiger partial charge in [-0.3, -0.25) is 9.59 Å². The van der Waals surface area contributed by atoms with E-state index in [1.807, 2.05) is 85.7 Å². The van der Waals surface area contributed by atoms with Crippen molar-refractivity contribution in [3.05, 3.63) is 47.5 Å². The van der Waals surface area contributed by atoms with Crippen molar-refractivity contribution in [1.29, 1.82) is 0 Å². The number of carbonyl (C=O) groups is 4. The first-order valence-electron chi connectivity index (χ1n) is 13.6. The SMILES string of the molecule is CCN[C@H](C(=O)N[C@H](C(=O)N(C)[C@H](/C=C(\C)C(=O)O)C(C)C)C(C)(C)C)C(C)(C)c1ccccc1.O=C(O)C(F)(F)F. The fourth-order valence-electron chi connectivity index (χ4n) is 4.22. The van der Waals surface area contributed by atoms with Crippen molar-refractivity contribution in [1.82, 2.24) is 15.5 Å². The van der Waals surface area contributed by atoms with Gasteiger partial charge >= 0.3 is 18.1 Å². The first-order chi connectivity index (χ1) is 19.0. The zero-order valence-corrected chi connectivity index (χ0v) is 26.1. The Balaban J connectivity index is 0.00000212. The lowest BCUT2D eigenvalue weighted by Gasteiger charge is -2.40. The Morgan fingerprint density at radius 3 is 1.79 bits per heavy atom. The molecule has 42 heavy (non-hydrogen) atoms. The summed E-state index contributed by atoms with van der Waals surface area (Å²) in [7, 11) is 1.67. The Labute approximate surface area is 246 Å². The summed E-state index contributed by atoms with van der Waals surface area (Å²) in [6.45, 7) is 17.7. The highest BCUT2D eigenvalue weighted by atomic mass is 19.4. The molecule has 1 aromatic rings. The maximum atomic E-state index is 13.7. The quantitative estimate of drug-likeness (QED) is 0.272. The van der Waals surface area contributed by atoms with Crippen LogP contribution in [0.5, 0.6) is 0 Å². The molecule has 0 aliphatic rings. The average molecular weight is 602 g/mol. The molecular weight excluding hydrogens is 555 g/mol. The number of carbonyl (C=O) groups excluding carboxylic acids is 2. The average Bonchev–Trinajstić information content (AvgIpc) is 2.87. The van der Waals surface area contributed by atoms with Gasteiger partial charge in [-0.2, -0.15) is 13.2 Å². The maximum absolute atomic E-state index is 13.7. The minimum absolute atomic E-state index is 0.0129. The van der Waals surface area contributed by atoms with E-state index in [0.29, 0.717) is 6.54 Å². The molecule has 0 saturated carbocycles.